The summed E-state index contributed by atoms with van der Waals surface area (Å²) in [6.45, 7) is 9.02. The highest BCUT2D eigenvalue weighted by atomic mass is 32.2. The molecule has 1 unspecified atom stereocenters. The van der Waals surface area contributed by atoms with E-state index in [1.807, 2.05) is 20.8 Å². The van der Waals surface area contributed by atoms with E-state index in [0.717, 1.165) is 17.3 Å². The zero-order chi connectivity index (χ0) is 24.8. The topological polar surface area (TPSA) is 89.9 Å². The van der Waals surface area contributed by atoms with Crippen LogP contribution in [0.3, 0.4) is 0 Å². The van der Waals surface area contributed by atoms with Crippen LogP contribution in [-0.2, 0) is 14.9 Å². The molecule has 0 amide bonds. The van der Waals surface area contributed by atoms with E-state index in [1.54, 1.807) is 26.0 Å². The molecule has 6 nitrogen and oxygen atoms in total. The Labute approximate surface area is 200 Å². The van der Waals surface area contributed by atoms with Gasteiger partial charge in [-0.25, -0.2) is 0 Å². The number of ether oxygens (including phenoxy) is 1. The van der Waals surface area contributed by atoms with E-state index in [9.17, 15) is 18.3 Å². The Morgan fingerprint density at radius 2 is 1.76 bits per heavy atom. The standard InChI is InChI=1S/C25H30O6S2/c1-7-32-21(26)11-9-8-10-17(3)22-18(4)24(19(5)25(30-6)23(22)27)31-33(28,29)20-14-12-16(2)13-15-20/h12-15,17,27H,7-8,10H2,1-6H3. The van der Waals surface area contributed by atoms with Crippen LogP contribution >= 0.6 is 11.8 Å². The maximum Gasteiger partial charge on any atom is 0.339 e. The number of aryl methyl sites for hydroxylation is 1. The van der Waals surface area contributed by atoms with E-state index in [0.29, 0.717) is 35.3 Å². The molecule has 2 aromatic carbocycles. The van der Waals surface area contributed by atoms with Gasteiger partial charge in [0.15, 0.2) is 17.2 Å². The average Bonchev–Trinajstić information content (AvgIpc) is 2.75. The molecule has 0 heterocycles. The summed E-state index contributed by atoms with van der Waals surface area (Å²) < 4.78 is 36.8. The highest BCUT2D eigenvalue weighted by molar-refractivity contribution is 8.14. The van der Waals surface area contributed by atoms with Crippen LogP contribution in [0.4, 0.5) is 0 Å². The summed E-state index contributed by atoms with van der Waals surface area (Å²) in [4.78, 5) is 11.6. The first kappa shape index (κ1) is 26.6. The third-order valence-electron chi connectivity index (χ3n) is 5.26. The van der Waals surface area contributed by atoms with E-state index in [-0.39, 0.29) is 33.2 Å². The predicted octanol–water partition coefficient (Wildman–Crippen LogP) is 5.26. The van der Waals surface area contributed by atoms with Crippen molar-refractivity contribution in [2.24, 2.45) is 0 Å². The van der Waals surface area contributed by atoms with Gasteiger partial charge in [-0.1, -0.05) is 49.2 Å². The lowest BCUT2D eigenvalue weighted by molar-refractivity contribution is -0.106. The van der Waals surface area contributed by atoms with Crippen LogP contribution in [0.2, 0.25) is 0 Å². The molecule has 0 aliphatic heterocycles. The fourth-order valence-electron chi connectivity index (χ4n) is 3.56. The Balaban J connectivity index is 2.42. The van der Waals surface area contributed by atoms with Gasteiger partial charge in [0.2, 0.25) is 0 Å². The van der Waals surface area contributed by atoms with Crippen molar-refractivity contribution in [3.05, 3.63) is 46.5 Å². The number of hydrogen-bond donors (Lipinski definition) is 1. The number of benzene rings is 2. The second-order valence-electron chi connectivity index (χ2n) is 7.69. The molecule has 0 radical (unpaired) electrons. The molecule has 0 fully saturated rings. The number of methoxy groups -OCH3 is 1. The van der Waals surface area contributed by atoms with Crippen LogP contribution in [0.5, 0.6) is 17.2 Å². The van der Waals surface area contributed by atoms with Crippen molar-refractivity contribution in [2.45, 2.75) is 58.3 Å². The summed E-state index contributed by atoms with van der Waals surface area (Å²) in [6.07, 6.45) is 1.01. The maximum absolute atomic E-state index is 12.9. The van der Waals surface area contributed by atoms with Gasteiger partial charge in [0.1, 0.15) is 4.90 Å². The highest BCUT2D eigenvalue weighted by Crippen LogP contribution is 2.47. The molecule has 178 valence electrons. The summed E-state index contributed by atoms with van der Waals surface area (Å²) >= 11 is 1.16. The van der Waals surface area contributed by atoms with E-state index in [1.165, 1.54) is 19.2 Å². The molecule has 0 saturated carbocycles. The van der Waals surface area contributed by atoms with Gasteiger partial charge in [-0.2, -0.15) is 8.42 Å². The molecule has 0 aliphatic carbocycles. The molecular weight excluding hydrogens is 460 g/mol. The third-order valence-corrected chi connectivity index (χ3v) is 7.15. The lowest BCUT2D eigenvalue weighted by atomic mass is 9.89. The third kappa shape index (κ3) is 6.46. The number of rotatable bonds is 8. The fourth-order valence-corrected chi connectivity index (χ4v) is 5.00. The molecule has 0 aliphatic rings. The number of phenols is 1. The Morgan fingerprint density at radius 1 is 1.12 bits per heavy atom. The summed E-state index contributed by atoms with van der Waals surface area (Å²) in [5, 5.41) is 10.7. The normalized spacial score (nSPS) is 11.9. The van der Waals surface area contributed by atoms with Crippen molar-refractivity contribution in [3.8, 4) is 29.1 Å². The van der Waals surface area contributed by atoms with Gasteiger partial charge in [0.25, 0.3) is 5.12 Å². The van der Waals surface area contributed by atoms with Crippen LogP contribution in [-0.4, -0.2) is 31.5 Å². The SMILES string of the molecule is CCSC(=O)C#CCCC(C)c1c(C)c(OS(=O)(=O)c2ccc(C)cc2)c(C)c(OC)c1O. The van der Waals surface area contributed by atoms with Crippen molar-refractivity contribution in [1.82, 2.24) is 0 Å². The summed E-state index contributed by atoms with van der Waals surface area (Å²) in [5.74, 6) is 6.20. The largest absolute Gasteiger partial charge is 0.504 e. The van der Waals surface area contributed by atoms with E-state index < -0.39 is 10.1 Å². The molecule has 0 bridgehead atoms. The molecule has 0 spiro atoms. The van der Waals surface area contributed by atoms with Crippen LogP contribution in [0.15, 0.2) is 29.2 Å². The minimum absolute atomic E-state index is 0.0402. The van der Waals surface area contributed by atoms with Gasteiger partial charge in [0, 0.05) is 23.1 Å². The van der Waals surface area contributed by atoms with Crippen molar-refractivity contribution in [3.63, 3.8) is 0 Å². The summed E-state index contributed by atoms with van der Waals surface area (Å²) in [6, 6.07) is 6.39. The molecule has 0 saturated heterocycles. The van der Waals surface area contributed by atoms with Gasteiger partial charge >= 0.3 is 10.1 Å². The highest BCUT2D eigenvalue weighted by Gasteiger charge is 2.28. The van der Waals surface area contributed by atoms with Crippen LogP contribution in [0.1, 0.15) is 54.9 Å². The van der Waals surface area contributed by atoms with Gasteiger partial charge in [-0.05, 0) is 56.9 Å². The molecule has 1 N–H and O–H groups in total. The first-order valence-corrected chi connectivity index (χ1v) is 13.0. The number of phenolic OH excluding ortho intramolecular Hbond substituents is 1. The second-order valence-corrected chi connectivity index (χ2v) is 10.5. The van der Waals surface area contributed by atoms with Crippen molar-refractivity contribution in [1.29, 1.82) is 0 Å². The Bertz CT molecular complexity index is 1170. The number of carbonyl (C=O) groups is 1. The van der Waals surface area contributed by atoms with Gasteiger partial charge in [-0.15, -0.1) is 0 Å². The molecule has 33 heavy (non-hydrogen) atoms. The monoisotopic (exact) mass is 490 g/mol. The number of hydrogen-bond acceptors (Lipinski definition) is 7. The lowest BCUT2D eigenvalue weighted by Crippen LogP contribution is -2.13. The molecular formula is C25H30O6S2. The Kier molecular flexibility index (Phi) is 9.26. The fraction of sp³-hybridized carbons (Fsp3) is 0.400. The zero-order valence-electron chi connectivity index (χ0n) is 19.8. The van der Waals surface area contributed by atoms with Crippen molar-refractivity contribution < 1.29 is 27.2 Å². The van der Waals surface area contributed by atoms with Gasteiger partial charge < -0.3 is 14.0 Å². The number of carbonyl (C=O) groups excluding carboxylic acids is 1. The smallest absolute Gasteiger partial charge is 0.339 e. The quantitative estimate of drug-likeness (QED) is 0.399. The number of thioether (sulfide) groups is 1. The summed E-state index contributed by atoms with van der Waals surface area (Å²) in [7, 11) is -2.68. The Hall–Kier alpha value is -2.63. The summed E-state index contributed by atoms with van der Waals surface area (Å²) in [5.41, 5.74) is 2.37. The molecule has 2 aromatic rings. The van der Waals surface area contributed by atoms with E-state index >= 15 is 0 Å². The number of aromatic hydroxyl groups is 1. The van der Waals surface area contributed by atoms with Crippen molar-refractivity contribution in [2.75, 3.05) is 12.9 Å². The Morgan fingerprint density at radius 3 is 2.33 bits per heavy atom. The van der Waals surface area contributed by atoms with Gasteiger partial charge in [-0.3, -0.25) is 4.79 Å². The lowest BCUT2D eigenvalue weighted by Gasteiger charge is -2.23. The average molecular weight is 491 g/mol. The first-order chi connectivity index (χ1) is 15.5. The minimum atomic E-state index is -4.09. The molecule has 0 aromatic heterocycles. The maximum atomic E-state index is 12.9. The molecule has 2 rings (SSSR count). The minimum Gasteiger partial charge on any atom is -0.504 e. The second kappa shape index (κ2) is 11.5. The predicted molar refractivity (Wildman–Crippen MR) is 132 cm³/mol. The van der Waals surface area contributed by atoms with Crippen molar-refractivity contribution >= 4 is 27.0 Å². The van der Waals surface area contributed by atoms with Crippen LogP contribution < -0.4 is 8.92 Å². The van der Waals surface area contributed by atoms with Crippen LogP contribution in [0.25, 0.3) is 0 Å². The molecule has 1 atom stereocenters. The van der Waals surface area contributed by atoms with Crippen LogP contribution in [0, 0.1) is 32.6 Å². The van der Waals surface area contributed by atoms with Gasteiger partial charge in [0.05, 0.1) is 7.11 Å². The van der Waals surface area contributed by atoms with E-state index in [4.69, 9.17) is 8.92 Å². The first-order valence-electron chi connectivity index (χ1n) is 10.6. The molecule has 8 heteroatoms. The zero-order valence-corrected chi connectivity index (χ0v) is 21.4. The van der Waals surface area contributed by atoms with E-state index in [2.05, 4.69) is 11.8 Å².